The third-order valence-electron chi connectivity index (χ3n) is 6.33. The molecule has 7 heteroatoms. The number of fused-ring (bicyclic) bond motifs is 1. The molecule has 7 nitrogen and oxygen atoms in total. The van der Waals surface area contributed by atoms with E-state index in [9.17, 15) is 14.4 Å². The number of rotatable bonds is 6. The normalized spacial score (nSPS) is 14.1. The van der Waals surface area contributed by atoms with Crippen molar-refractivity contribution in [1.29, 1.82) is 0 Å². The molecule has 1 fully saturated rings. The van der Waals surface area contributed by atoms with E-state index in [1.165, 1.54) is 18.6 Å². The lowest BCUT2D eigenvalue weighted by molar-refractivity contribution is -0.136. The van der Waals surface area contributed by atoms with Gasteiger partial charge in [0.05, 0.1) is 0 Å². The van der Waals surface area contributed by atoms with Gasteiger partial charge in [-0.1, -0.05) is 31.4 Å². The fourth-order valence-corrected chi connectivity index (χ4v) is 4.26. The molecule has 0 radical (unpaired) electrons. The third-order valence-corrected chi connectivity index (χ3v) is 6.33. The second kappa shape index (κ2) is 10.1. The van der Waals surface area contributed by atoms with Gasteiger partial charge in [0, 0.05) is 17.5 Å². The zero-order valence-corrected chi connectivity index (χ0v) is 19.7. The first-order valence-electron chi connectivity index (χ1n) is 11.6. The van der Waals surface area contributed by atoms with Gasteiger partial charge in [0.2, 0.25) is 0 Å². The van der Waals surface area contributed by atoms with Gasteiger partial charge in [0.25, 0.3) is 5.91 Å². The lowest BCUT2D eigenvalue weighted by Gasteiger charge is -2.22. The van der Waals surface area contributed by atoms with E-state index in [2.05, 4.69) is 5.32 Å². The van der Waals surface area contributed by atoms with Crippen molar-refractivity contribution >= 4 is 22.8 Å². The smallest absolute Gasteiger partial charge is 0.349 e. The van der Waals surface area contributed by atoms with Crippen LogP contribution >= 0.6 is 0 Å². The Morgan fingerprint density at radius 2 is 1.74 bits per heavy atom. The molecule has 1 aliphatic rings. The van der Waals surface area contributed by atoms with Gasteiger partial charge in [-0.3, -0.25) is 4.79 Å². The van der Waals surface area contributed by atoms with Crippen molar-refractivity contribution in [1.82, 2.24) is 5.32 Å². The topological polar surface area (TPSA) is 94.8 Å². The van der Waals surface area contributed by atoms with E-state index in [0.29, 0.717) is 11.1 Å². The van der Waals surface area contributed by atoms with Crippen molar-refractivity contribution in [3.63, 3.8) is 0 Å². The van der Waals surface area contributed by atoms with Crippen LogP contribution in [0.1, 0.15) is 59.2 Å². The first-order chi connectivity index (χ1) is 16.3. The quantitative estimate of drug-likeness (QED) is 0.322. The molecule has 1 saturated carbocycles. The summed E-state index contributed by atoms with van der Waals surface area (Å²) in [5.74, 6) is -0.107. The zero-order chi connectivity index (χ0) is 24.2. The average Bonchev–Trinajstić information content (AvgIpc) is 2.81. The van der Waals surface area contributed by atoms with E-state index in [1.54, 1.807) is 12.1 Å². The van der Waals surface area contributed by atoms with Crippen molar-refractivity contribution in [2.24, 2.45) is 0 Å². The van der Waals surface area contributed by atoms with Crippen LogP contribution in [0.25, 0.3) is 11.0 Å². The predicted octanol–water partition coefficient (Wildman–Crippen LogP) is 4.77. The number of nitrogens with one attached hydrogen (secondary N) is 1. The molecule has 1 amide bonds. The summed E-state index contributed by atoms with van der Waals surface area (Å²) in [4.78, 5) is 37.4. The molecule has 0 unspecified atom stereocenters. The highest BCUT2D eigenvalue weighted by molar-refractivity contribution is 5.97. The van der Waals surface area contributed by atoms with Gasteiger partial charge in [-0.05, 0) is 68.5 Å². The van der Waals surface area contributed by atoms with Crippen LogP contribution in [0.15, 0.2) is 45.6 Å². The molecule has 1 N–H and O–H groups in total. The number of benzene rings is 2. The second-order valence-electron chi connectivity index (χ2n) is 8.87. The number of hydrogen-bond acceptors (Lipinski definition) is 6. The fraction of sp³-hybridized carbons (Fsp3) is 0.370. The van der Waals surface area contributed by atoms with Gasteiger partial charge < -0.3 is 19.2 Å². The number of ether oxygens (including phenoxy) is 2. The molecular formula is C27H29NO6. The molecular weight excluding hydrogens is 434 g/mol. The van der Waals surface area contributed by atoms with Crippen LogP contribution in [-0.4, -0.2) is 24.5 Å². The van der Waals surface area contributed by atoms with Gasteiger partial charge in [-0.2, -0.15) is 0 Å². The van der Waals surface area contributed by atoms with Crippen molar-refractivity contribution in [3.05, 3.63) is 69.1 Å². The first kappa shape index (κ1) is 23.5. The minimum absolute atomic E-state index is 0.0277. The highest BCUT2D eigenvalue weighted by atomic mass is 16.6. The molecule has 0 aliphatic heterocycles. The number of hydrogen-bond donors (Lipinski definition) is 1. The Morgan fingerprint density at radius 3 is 2.50 bits per heavy atom. The van der Waals surface area contributed by atoms with E-state index in [0.717, 1.165) is 42.4 Å². The lowest BCUT2D eigenvalue weighted by Crippen LogP contribution is -2.38. The summed E-state index contributed by atoms with van der Waals surface area (Å²) in [5, 5.41) is 3.50. The van der Waals surface area contributed by atoms with E-state index in [-0.39, 0.29) is 29.5 Å². The largest absolute Gasteiger partial charge is 0.481 e. The second-order valence-corrected chi connectivity index (χ2v) is 8.87. The average molecular weight is 464 g/mol. The number of carbonyl (C=O) groups excluding carboxylic acids is 2. The Hall–Kier alpha value is -3.61. The molecule has 178 valence electrons. The Balaban J connectivity index is 1.43. The van der Waals surface area contributed by atoms with Crippen LogP contribution in [0.3, 0.4) is 0 Å². The molecule has 0 spiro atoms. The van der Waals surface area contributed by atoms with Gasteiger partial charge in [-0.25, -0.2) is 9.59 Å². The predicted molar refractivity (Wildman–Crippen MR) is 129 cm³/mol. The third kappa shape index (κ3) is 5.30. The molecule has 1 heterocycles. The summed E-state index contributed by atoms with van der Waals surface area (Å²) in [7, 11) is 0. The van der Waals surface area contributed by atoms with Crippen LogP contribution < -0.4 is 20.4 Å². The van der Waals surface area contributed by atoms with Gasteiger partial charge >= 0.3 is 11.6 Å². The van der Waals surface area contributed by atoms with E-state index < -0.39 is 17.5 Å². The van der Waals surface area contributed by atoms with Crippen molar-refractivity contribution in [3.8, 4) is 11.5 Å². The Morgan fingerprint density at radius 1 is 1.00 bits per heavy atom. The van der Waals surface area contributed by atoms with Crippen molar-refractivity contribution < 1.29 is 23.5 Å². The van der Waals surface area contributed by atoms with E-state index >= 15 is 0 Å². The fourth-order valence-electron chi connectivity index (χ4n) is 4.26. The number of esters is 1. The van der Waals surface area contributed by atoms with Crippen molar-refractivity contribution in [2.45, 2.75) is 58.9 Å². The van der Waals surface area contributed by atoms with Crippen LogP contribution in [-0.2, 0) is 4.79 Å². The molecule has 3 aromatic rings. The maximum absolute atomic E-state index is 12.6. The Bertz CT molecular complexity index is 1290. The molecule has 1 aliphatic carbocycles. The van der Waals surface area contributed by atoms with Gasteiger partial charge in [0.15, 0.2) is 6.61 Å². The maximum atomic E-state index is 12.6. The lowest BCUT2D eigenvalue weighted by atomic mass is 9.95. The molecule has 1 aromatic heterocycles. The minimum Gasteiger partial charge on any atom is -0.481 e. The summed E-state index contributed by atoms with van der Waals surface area (Å²) in [6.07, 6.45) is 5.18. The summed E-state index contributed by atoms with van der Waals surface area (Å²) < 4.78 is 16.4. The number of amides is 1. The number of carbonyl (C=O) groups is 2. The van der Waals surface area contributed by atoms with Crippen molar-refractivity contribution in [2.75, 3.05) is 6.61 Å². The molecule has 0 saturated heterocycles. The van der Waals surface area contributed by atoms with Crippen LogP contribution in [0.2, 0.25) is 0 Å². The highest BCUT2D eigenvalue weighted by Gasteiger charge is 2.20. The molecule has 4 rings (SSSR count). The van der Waals surface area contributed by atoms with Crippen LogP contribution in [0.5, 0.6) is 11.5 Å². The summed E-state index contributed by atoms with van der Waals surface area (Å²) in [5.41, 5.74) is 2.47. The summed E-state index contributed by atoms with van der Waals surface area (Å²) in [6.45, 7) is 5.58. The van der Waals surface area contributed by atoms with Gasteiger partial charge in [-0.15, -0.1) is 0 Å². The molecule has 34 heavy (non-hydrogen) atoms. The Kier molecular flexibility index (Phi) is 7.01. The highest BCUT2D eigenvalue weighted by Crippen LogP contribution is 2.26. The maximum Gasteiger partial charge on any atom is 0.349 e. The molecule has 0 bridgehead atoms. The summed E-state index contributed by atoms with van der Waals surface area (Å²) in [6, 6.07) is 10.2. The SMILES string of the molecule is Cc1ccc(C)c(OCC(=O)Oc2ccc3cc(C(=O)NC4CCCCC4)c(=O)oc3c2)c1C. The van der Waals surface area contributed by atoms with Crippen LogP contribution in [0, 0.1) is 20.8 Å². The molecule has 0 atom stereocenters. The standard InChI is InChI=1S/C27H29NO6/c1-16-9-10-17(2)25(18(16)3)32-15-24(29)33-21-12-11-19-13-22(27(31)34-23(19)14-21)26(30)28-20-7-5-4-6-8-20/h9-14,20H,4-8,15H2,1-3H3,(H,28,30). The van der Waals surface area contributed by atoms with Crippen LogP contribution in [0.4, 0.5) is 0 Å². The monoisotopic (exact) mass is 463 g/mol. The van der Waals surface area contributed by atoms with Gasteiger partial charge in [0.1, 0.15) is 22.6 Å². The minimum atomic E-state index is -0.724. The van der Waals surface area contributed by atoms with E-state index in [1.807, 2.05) is 32.9 Å². The number of aryl methyl sites for hydroxylation is 2. The zero-order valence-electron chi connectivity index (χ0n) is 19.7. The van der Waals surface area contributed by atoms with E-state index in [4.69, 9.17) is 13.9 Å². The summed E-state index contributed by atoms with van der Waals surface area (Å²) >= 11 is 0. The Labute approximate surface area is 198 Å². The molecule has 2 aromatic carbocycles. The first-order valence-corrected chi connectivity index (χ1v) is 11.6.